The fourth-order valence-corrected chi connectivity index (χ4v) is 3.70. The molecule has 2 amide bonds. The van der Waals surface area contributed by atoms with E-state index in [9.17, 15) is 9.59 Å². The molecule has 0 bridgehead atoms. The van der Waals surface area contributed by atoms with Crippen LogP contribution >= 0.6 is 0 Å². The maximum absolute atomic E-state index is 12.8. The molecule has 1 aliphatic rings. The second-order valence-electron chi connectivity index (χ2n) is 8.17. The van der Waals surface area contributed by atoms with Gasteiger partial charge >= 0.3 is 0 Å². The number of nitrogens with zero attached hydrogens (tertiary/aromatic N) is 1. The molecule has 0 saturated carbocycles. The molecule has 1 fully saturated rings. The molecule has 2 N–H and O–H groups in total. The standard InChI is InChI=1S/C25H33N3O2/c1-3-19(2)26-25(30)22-10-6-7-11-23(22)27-24(29)21-14-12-20(13-15-21)18-28-16-8-4-5-9-17-28/h6-7,10-15,19H,3-5,8-9,16-18H2,1-2H3,(H,26,30)(H,27,29). The van der Waals surface area contributed by atoms with Gasteiger partial charge in [-0.1, -0.05) is 44.0 Å². The first-order chi connectivity index (χ1) is 14.6. The van der Waals surface area contributed by atoms with Crippen molar-refractivity contribution in [2.45, 2.75) is 58.5 Å². The van der Waals surface area contributed by atoms with Crippen molar-refractivity contribution in [3.05, 3.63) is 65.2 Å². The van der Waals surface area contributed by atoms with Gasteiger partial charge in [-0.05, 0) is 69.1 Å². The molecule has 0 aromatic heterocycles. The molecular formula is C25H33N3O2. The number of anilines is 1. The topological polar surface area (TPSA) is 61.4 Å². The van der Waals surface area contributed by atoms with Crippen LogP contribution in [0.3, 0.4) is 0 Å². The summed E-state index contributed by atoms with van der Waals surface area (Å²) >= 11 is 0. The Balaban J connectivity index is 1.64. The van der Waals surface area contributed by atoms with Crippen LogP contribution in [0.4, 0.5) is 5.69 Å². The number of hydrogen-bond acceptors (Lipinski definition) is 3. The van der Waals surface area contributed by atoms with Crippen LogP contribution in [0.1, 0.15) is 72.2 Å². The van der Waals surface area contributed by atoms with Crippen molar-refractivity contribution in [3.63, 3.8) is 0 Å². The van der Waals surface area contributed by atoms with Crippen LogP contribution in [0.15, 0.2) is 48.5 Å². The molecule has 1 saturated heterocycles. The Morgan fingerprint density at radius 1 is 0.933 bits per heavy atom. The lowest BCUT2D eigenvalue weighted by Crippen LogP contribution is -2.32. The highest BCUT2D eigenvalue weighted by molar-refractivity contribution is 6.09. The van der Waals surface area contributed by atoms with Gasteiger partial charge in [-0.2, -0.15) is 0 Å². The van der Waals surface area contributed by atoms with Gasteiger partial charge in [-0.3, -0.25) is 14.5 Å². The number of carbonyl (C=O) groups is 2. The van der Waals surface area contributed by atoms with E-state index in [0.29, 0.717) is 16.8 Å². The highest BCUT2D eigenvalue weighted by Gasteiger charge is 2.16. The monoisotopic (exact) mass is 407 g/mol. The van der Waals surface area contributed by atoms with Crippen LogP contribution < -0.4 is 10.6 Å². The second kappa shape index (κ2) is 10.9. The van der Waals surface area contributed by atoms with Crippen molar-refractivity contribution in [2.24, 2.45) is 0 Å². The van der Waals surface area contributed by atoms with Gasteiger partial charge in [0.2, 0.25) is 0 Å². The molecule has 0 aliphatic carbocycles. The minimum Gasteiger partial charge on any atom is -0.350 e. The van der Waals surface area contributed by atoms with Crippen LogP contribution in [0, 0.1) is 0 Å². The first-order valence-electron chi connectivity index (χ1n) is 11.1. The van der Waals surface area contributed by atoms with Crippen LogP contribution in [-0.2, 0) is 6.54 Å². The summed E-state index contributed by atoms with van der Waals surface area (Å²) in [6.07, 6.45) is 6.04. The minimum absolute atomic E-state index is 0.0815. The Bertz CT molecular complexity index is 840. The quantitative estimate of drug-likeness (QED) is 0.690. The van der Waals surface area contributed by atoms with E-state index in [4.69, 9.17) is 0 Å². The molecule has 3 rings (SSSR count). The Morgan fingerprint density at radius 3 is 2.27 bits per heavy atom. The largest absolute Gasteiger partial charge is 0.350 e. The Hall–Kier alpha value is -2.66. The first-order valence-corrected chi connectivity index (χ1v) is 11.1. The highest BCUT2D eigenvalue weighted by Crippen LogP contribution is 2.18. The van der Waals surface area contributed by atoms with Crippen molar-refractivity contribution < 1.29 is 9.59 Å². The van der Waals surface area contributed by atoms with Gasteiger partial charge < -0.3 is 10.6 Å². The number of hydrogen-bond donors (Lipinski definition) is 2. The summed E-state index contributed by atoms with van der Waals surface area (Å²) in [5.74, 6) is -0.381. The van der Waals surface area contributed by atoms with E-state index in [0.717, 1.165) is 26.1 Å². The average Bonchev–Trinajstić information content (AvgIpc) is 3.03. The summed E-state index contributed by atoms with van der Waals surface area (Å²) in [7, 11) is 0. The van der Waals surface area contributed by atoms with Gasteiger partial charge in [0.15, 0.2) is 0 Å². The van der Waals surface area contributed by atoms with Gasteiger partial charge in [-0.25, -0.2) is 0 Å². The number of amides is 2. The summed E-state index contributed by atoms with van der Waals surface area (Å²) in [4.78, 5) is 27.8. The molecule has 1 aliphatic heterocycles. The van der Waals surface area contributed by atoms with Crippen molar-refractivity contribution in [3.8, 4) is 0 Å². The predicted molar refractivity (Wildman–Crippen MR) is 122 cm³/mol. The number of benzene rings is 2. The van der Waals surface area contributed by atoms with Gasteiger partial charge in [0.1, 0.15) is 0 Å². The van der Waals surface area contributed by atoms with Crippen molar-refractivity contribution >= 4 is 17.5 Å². The third-order valence-electron chi connectivity index (χ3n) is 5.73. The number of para-hydroxylation sites is 1. The number of rotatable bonds is 7. The molecule has 1 unspecified atom stereocenters. The van der Waals surface area contributed by atoms with E-state index in [-0.39, 0.29) is 17.9 Å². The molecule has 1 heterocycles. The zero-order chi connectivity index (χ0) is 21.3. The van der Waals surface area contributed by atoms with Gasteiger partial charge in [0.05, 0.1) is 11.3 Å². The predicted octanol–water partition coefficient (Wildman–Crippen LogP) is 4.84. The fraction of sp³-hybridized carbons (Fsp3) is 0.440. The molecule has 30 heavy (non-hydrogen) atoms. The summed E-state index contributed by atoms with van der Waals surface area (Å²) in [6.45, 7) is 7.22. The van der Waals surface area contributed by atoms with Crippen LogP contribution in [-0.4, -0.2) is 35.8 Å². The van der Waals surface area contributed by atoms with Crippen molar-refractivity contribution in [1.82, 2.24) is 10.2 Å². The molecule has 0 radical (unpaired) electrons. The maximum Gasteiger partial charge on any atom is 0.255 e. The fourth-order valence-electron chi connectivity index (χ4n) is 3.70. The molecular weight excluding hydrogens is 374 g/mol. The number of nitrogens with one attached hydrogen (secondary N) is 2. The van der Waals surface area contributed by atoms with E-state index >= 15 is 0 Å². The molecule has 2 aromatic rings. The Labute approximate surface area is 179 Å². The van der Waals surface area contributed by atoms with Gasteiger partial charge in [-0.15, -0.1) is 0 Å². The van der Waals surface area contributed by atoms with E-state index < -0.39 is 0 Å². The lowest BCUT2D eigenvalue weighted by molar-refractivity contribution is 0.0940. The first kappa shape index (κ1) is 22.0. The zero-order valence-electron chi connectivity index (χ0n) is 18.1. The molecule has 5 heteroatoms. The molecule has 5 nitrogen and oxygen atoms in total. The molecule has 1 atom stereocenters. The average molecular weight is 408 g/mol. The lowest BCUT2D eigenvalue weighted by Gasteiger charge is -2.19. The van der Waals surface area contributed by atoms with E-state index in [1.165, 1.54) is 31.2 Å². The Kier molecular flexibility index (Phi) is 8.03. The third kappa shape index (κ3) is 6.17. The van der Waals surface area contributed by atoms with E-state index in [2.05, 4.69) is 15.5 Å². The lowest BCUT2D eigenvalue weighted by atomic mass is 10.1. The minimum atomic E-state index is -0.208. The Morgan fingerprint density at radius 2 is 1.60 bits per heavy atom. The van der Waals surface area contributed by atoms with E-state index in [1.54, 1.807) is 18.2 Å². The van der Waals surface area contributed by atoms with Crippen LogP contribution in [0.2, 0.25) is 0 Å². The third-order valence-corrected chi connectivity index (χ3v) is 5.73. The van der Waals surface area contributed by atoms with Crippen LogP contribution in [0.5, 0.6) is 0 Å². The van der Waals surface area contributed by atoms with Gasteiger partial charge in [0.25, 0.3) is 11.8 Å². The SMILES string of the molecule is CCC(C)NC(=O)c1ccccc1NC(=O)c1ccc(CN2CCCCCC2)cc1. The second-order valence-corrected chi connectivity index (χ2v) is 8.17. The highest BCUT2D eigenvalue weighted by atomic mass is 16.2. The smallest absolute Gasteiger partial charge is 0.255 e. The van der Waals surface area contributed by atoms with Crippen molar-refractivity contribution in [1.29, 1.82) is 0 Å². The van der Waals surface area contributed by atoms with Crippen molar-refractivity contribution in [2.75, 3.05) is 18.4 Å². The summed E-state index contributed by atoms with van der Waals surface area (Å²) in [5.41, 5.74) is 2.81. The zero-order valence-corrected chi connectivity index (χ0v) is 18.1. The maximum atomic E-state index is 12.8. The number of likely N-dealkylation sites (tertiary alicyclic amines) is 1. The summed E-state index contributed by atoms with van der Waals surface area (Å²) in [5, 5.41) is 5.85. The molecule has 0 spiro atoms. The van der Waals surface area contributed by atoms with Crippen LogP contribution in [0.25, 0.3) is 0 Å². The van der Waals surface area contributed by atoms with Gasteiger partial charge in [0, 0.05) is 18.2 Å². The molecule has 2 aromatic carbocycles. The summed E-state index contributed by atoms with van der Waals surface area (Å²) in [6, 6.07) is 15.0. The normalized spacial score (nSPS) is 15.8. The molecule has 160 valence electrons. The number of carbonyl (C=O) groups excluding carboxylic acids is 2. The van der Waals surface area contributed by atoms with E-state index in [1.807, 2.05) is 44.2 Å². The summed E-state index contributed by atoms with van der Waals surface area (Å²) < 4.78 is 0.